The Hall–Kier alpha value is -1.06. The summed E-state index contributed by atoms with van der Waals surface area (Å²) in [6.07, 6.45) is 0.858. The second-order valence-electron chi connectivity index (χ2n) is 3.58. The summed E-state index contributed by atoms with van der Waals surface area (Å²) in [6.45, 7) is 0. The molecule has 3 heteroatoms. The second-order valence-corrected chi connectivity index (χ2v) is 5.45. The van der Waals surface area contributed by atoms with E-state index in [1.165, 1.54) is 5.56 Å². The summed E-state index contributed by atoms with van der Waals surface area (Å²) in [6, 6.07) is 16.0. The molecule has 0 aromatic heterocycles. The van der Waals surface area contributed by atoms with E-state index in [0.717, 1.165) is 21.4 Å². The molecule has 0 heterocycles. The zero-order valence-electron chi connectivity index (χ0n) is 9.10. The Balaban J connectivity index is 2.07. The van der Waals surface area contributed by atoms with Crippen LogP contribution in [0.25, 0.3) is 0 Å². The van der Waals surface area contributed by atoms with Crippen molar-refractivity contribution in [2.24, 2.45) is 0 Å². The highest BCUT2D eigenvalue weighted by Crippen LogP contribution is 2.30. The number of rotatable bonds is 4. The summed E-state index contributed by atoms with van der Waals surface area (Å²) in [7, 11) is 0. The average Bonchev–Trinajstić information content (AvgIpc) is 2.38. The molecule has 2 rings (SSSR count). The molecule has 0 aliphatic carbocycles. The minimum atomic E-state index is 0.695. The van der Waals surface area contributed by atoms with Gasteiger partial charge in [-0.05, 0) is 33.6 Å². The van der Waals surface area contributed by atoms with Crippen LogP contribution in [0.2, 0.25) is 0 Å². The molecule has 2 aromatic rings. The highest BCUT2D eigenvalue weighted by molar-refractivity contribution is 9.10. The van der Waals surface area contributed by atoms with Crippen molar-refractivity contribution in [2.75, 3.05) is 0 Å². The molecule has 0 aliphatic rings. The highest BCUT2D eigenvalue weighted by atomic mass is 79.9. The fraction of sp³-hybridized carbons (Fsp3) is 0.0714. The summed E-state index contributed by atoms with van der Waals surface area (Å²) in [4.78, 5) is 11.8. The molecular formula is C14H11BrOS. The molecule has 0 saturated carbocycles. The van der Waals surface area contributed by atoms with E-state index in [1.807, 2.05) is 36.4 Å². The van der Waals surface area contributed by atoms with Crippen molar-refractivity contribution < 1.29 is 4.79 Å². The smallest absolute Gasteiger partial charge is 0.150 e. The van der Waals surface area contributed by atoms with Crippen molar-refractivity contribution in [3.8, 4) is 0 Å². The van der Waals surface area contributed by atoms with Crippen molar-refractivity contribution in [1.82, 2.24) is 0 Å². The summed E-state index contributed by atoms with van der Waals surface area (Å²) < 4.78 is 0.975. The Morgan fingerprint density at radius 1 is 1.12 bits per heavy atom. The predicted molar refractivity (Wildman–Crippen MR) is 75.5 cm³/mol. The van der Waals surface area contributed by atoms with Gasteiger partial charge in [-0.25, -0.2) is 0 Å². The first kappa shape index (κ1) is 12.4. The van der Waals surface area contributed by atoms with Gasteiger partial charge in [0.2, 0.25) is 0 Å². The zero-order valence-corrected chi connectivity index (χ0v) is 11.5. The molecule has 1 nitrogen and oxygen atoms in total. The number of thioether (sulfide) groups is 1. The van der Waals surface area contributed by atoms with Gasteiger partial charge in [0.05, 0.1) is 0 Å². The number of hydrogen-bond donors (Lipinski definition) is 0. The summed E-state index contributed by atoms with van der Waals surface area (Å²) >= 11 is 5.24. The lowest BCUT2D eigenvalue weighted by molar-refractivity contribution is 0.112. The zero-order chi connectivity index (χ0) is 12.1. The third kappa shape index (κ3) is 3.45. The van der Waals surface area contributed by atoms with E-state index in [4.69, 9.17) is 0 Å². The van der Waals surface area contributed by atoms with E-state index < -0.39 is 0 Å². The standard InChI is InChI=1S/C14H11BrOS/c15-13-8-12(9-16)6-7-14(13)17-10-11-4-2-1-3-5-11/h1-9H,10H2. The maximum absolute atomic E-state index is 10.6. The molecule has 0 N–H and O–H groups in total. The van der Waals surface area contributed by atoms with Gasteiger partial charge < -0.3 is 0 Å². The van der Waals surface area contributed by atoms with Crippen LogP contribution in [0.15, 0.2) is 57.9 Å². The second kappa shape index (κ2) is 6.03. The quantitative estimate of drug-likeness (QED) is 0.609. The fourth-order valence-corrected chi connectivity index (χ4v) is 3.06. The van der Waals surface area contributed by atoms with Gasteiger partial charge in [-0.3, -0.25) is 4.79 Å². The van der Waals surface area contributed by atoms with E-state index in [9.17, 15) is 4.79 Å². The SMILES string of the molecule is O=Cc1ccc(SCc2ccccc2)c(Br)c1. The van der Waals surface area contributed by atoms with Crippen LogP contribution in [0.3, 0.4) is 0 Å². The van der Waals surface area contributed by atoms with Crippen molar-refractivity contribution >= 4 is 34.0 Å². The fourth-order valence-electron chi connectivity index (χ4n) is 1.44. The van der Waals surface area contributed by atoms with Crippen LogP contribution in [0.1, 0.15) is 15.9 Å². The molecule has 2 aromatic carbocycles. The van der Waals surface area contributed by atoms with Crippen LogP contribution < -0.4 is 0 Å². The Kier molecular flexibility index (Phi) is 4.40. The van der Waals surface area contributed by atoms with Gasteiger partial charge in [-0.15, -0.1) is 11.8 Å². The van der Waals surface area contributed by atoms with Crippen LogP contribution in [0.4, 0.5) is 0 Å². The molecule has 0 aliphatic heterocycles. The van der Waals surface area contributed by atoms with Crippen LogP contribution >= 0.6 is 27.7 Å². The molecule has 0 atom stereocenters. The first-order chi connectivity index (χ1) is 8.29. The lowest BCUT2D eigenvalue weighted by Crippen LogP contribution is -1.83. The monoisotopic (exact) mass is 306 g/mol. The molecule has 0 radical (unpaired) electrons. The van der Waals surface area contributed by atoms with Gasteiger partial charge in [0, 0.05) is 20.7 Å². The maximum Gasteiger partial charge on any atom is 0.150 e. The van der Waals surface area contributed by atoms with E-state index in [-0.39, 0.29) is 0 Å². The number of carbonyl (C=O) groups excluding carboxylic acids is 1. The highest BCUT2D eigenvalue weighted by Gasteiger charge is 2.02. The normalized spacial score (nSPS) is 10.2. The number of aldehydes is 1. The van der Waals surface area contributed by atoms with Crippen molar-refractivity contribution in [2.45, 2.75) is 10.6 Å². The molecule has 0 saturated heterocycles. The first-order valence-electron chi connectivity index (χ1n) is 5.21. The van der Waals surface area contributed by atoms with Gasteiger partial charge in [0.15, 0.2) is 0 Å². The Morgan fingerprint density at radius 2 is 1.88 bits per heavy atom. The molecule has 0 bridgehead atoms. The van der Waals surface area contributed by atoms with E-state index >= 15 is 0 Å². The average molecular weight is 307 g/mol. The topological polar surface area (TPSA) is 17.1 Å². The lowest BCUT2D eigenvalue weighted by Gasteiger charge is -2.05. The van der Waals surface area contributed by atoms with Crippen LogP contribution in [0.5, 0.6) is 0 Å². The van der Waals surface area contributed by atoms with Crippen LogP contribution in [0, 0.1) is 0 Å². The minimum Gasteiger partial charge on any atom is -0.298 e. The molecular weight excluding hydrogens is 296 g/mol. The number of benzene rings is 2. The van der Waals surface area contributed by atoms with Crippen molar-refractivity contribution in [1.29, 1.82) is 0 Å². The molecule has 0 amide bonds. The van der Waals surface area contributed by atoms with E-state index in [1.54, 1.807) is 11.8 Å². The lowest BCUT2D eigenvalue weighted by atomic mass is 10.2. The third-order valence-electron chi connectivity index (χ3n) is 2.33. The summed E-state index contributed by atoms with van der Waals surface area (Å²) in [5.41, 5.74) is 1.99. The number of carbonyl (C=O) groups is 1. The molecule has 0 fully saturated rings. The molecule has 0 unspecified atom stereocenters. The van der Waals surface area contributed by atoms with Crippen LogP contribution in [-0.2, 0) is 5.75 Å². The first-order valence-corrected chi connectivity index (χ1v) is 6.99. The molecule has 0 spiro atoms. The Labute approximate surface area is 113 Å². The summed E-state index contributed by atoms with van der Waals surface area (Å²) in [5.74, 6) is 0.930. The van der Waals surface area contributed by atoms with Gasteiger partial charge in [0.25, 0.3) is 0 Å². The maximum atomic E-state index is 10.6. The molecule has 86 valence electrons. The van der Waals surface area contributed by atoms with Crippen LogP contribution in [-0.4, -0.2) is 6.29 Å². The van der Waals surface area contributed by atoms with Crippen molar-refractivity contribution in [3.05, 3.63) is 64.1 Å². The Bertz CT molecular complexity index is 511. The summed E-state index contributed by atoms with van der Waals surface area (Å²) in [5, 5.41) is 0. The largest absolute Gasteiger partial charge is 0.298 e. The Morgan fingerprint density at radius 3 is 2.53 bits per heavy atom. The number of halogens is 1. The van der Waals surface area contributed by atoms with Crippen molar-refractivity contribution in [3.63, 3.8) is 0 Å². The van der Waals surface area contributed by atoms with E-state index in [2.05, 4.69) is 28.1 Å². The van der Waals surface area contributed by atoms with Gasteiger partial charge >= 0.3 is 0 Å². The van der Waals surface area contributed by atoms with Gasteiger partial charge in [0.1, 0.15) is 6.29 Å². The molecule has 17 heavy (non-hydrogen) atoms. The minimum absolute atomic E-state index is 0.695. The van der Waals surface area contributed by atoms with Gasteiger partial charge in [-0.2, -0.15) is 0 Å². The number of hydrogen-bond acceptors (Lipinski definition) is 2. The van der Waals surface area contributed by atoms with E-state index in [0.29, 0.717) is 5.56 Å². The predicted octanol–water partition coefficient (Wildman–Crippen LogP) is 4.55. The third-order valence-corrected chi connectivity index (χ3v) is 4.39. The van der Waals surface area contributed by atoms with Gasteiger partial charge in [-0.1, -0.05) is 36.4 Å².